The summed E-state index contributed by atoms with van der Waals surface area (Å²) in [7, 11) is 0. The van der Waals surface area contributed by atoms with Crippen LogP contribution in [-0.2, 0) is 4.79 Å². The highest BCUT2D eigenvalue weighted by molar-refractivity contribution is 7.99. The zero-order valence-corrected chi connectivity index (χ0v) is 11.7. The Morgan fingerprint density at radius 1 is 1.56 bits per heavy atom. The van der Waals surface area contributed by atoms with E-state index in [2.05, 4.69) is 11.6 Å². The minimum atomic E-state index is -0.334. The molecule has 1 aliphatic rings. The Labute approximate surface area is 109 Å². The molecule has 16 heavy (non-hydrogen) atoms. The molecule has 3 N–H and O–H groups in total. The van der Waals surface area contributed by atoms with Crippen molar-refractivity contribution in [1.82, 2.24) is 5.32 Å². The van der Waals surface area contributed by atoms with Crippen molar-refractivity contribution in [2.75, 3.05) is 6.26 Å². The van der Waals surface area contributed by atoms with Gasteiger partial charge < -0.3 is 11.1 Å². The first kappa shape index (κ1) is 16.1. The number of rotatable bonds is 4. The molecule has 0 aliphatic heterocycles. The topological polar surface area (TPSA) is 55.1 Å². The second kappa shape index (κ2) is 8.20. The van der Waals surface area contributed by atoms with Crippen molar-refractivity contribution < 1.29 is 4.79 Å². The number of thioether (sulfide) groups is 1. The van der Waals surface area contributed by atoms with Gasteiger partial charge in [0.2, 0.25) is 5.91 Å². The van der Waals surface area contributed by atoms with Gasteiger partial charge in [0.25, 0.3) is 0 Å². The summed E-state index contributed by atoms with van der Waals surface area (Å²) in [6.07, 6.45) is 7.57. The first-order chi connectivity index (χ1) is 7.17. The van der Waals surface area contributed by atoms with Gasteiger partial charge in [0.15, 0.2) is 0 Å². The molecule has 3 atom stereocenters. The summed E-state index contributed by atoms with van der Waals surface area (Å²) >= 11 is 1.91. The average molecular weight is 267 g/mol. The molecule has 0 aromatic carbocycles. The molecule has 5 heteroatoms. The average Bonchev–Trinajstić information content (AvgIpc) is 2.28. The summed E-state index contributed by atoms with van der Waals surface area (Å²) in [6, 6.07) is 0.0148. The minimum absolute atomic E-state index is 0. The summed E-state index contributed by atoms with van der Waals surface area (Å²) in [5.41, 5.74) is 5.68. The molecule has 0 radical (unpaired) electrons. The molecule has 1 rings (SSSR count). The van der Waals surface area contributed by atoms with E-state index >= 15 is 0 Å². The number of hydrogen-bond donors (Lipinski definition) is 2. The SMILES string of the molecule is CCC(N)C(=O)NC1CCCC(SC)C1.Cl. The van der Waals surface area contributed by atoms with Crippen LogP contribution in [0.2, 0.25) is 0 Å². The lowest BCUT2D eigenvalue weighted by molar-refractivity contribution is -0.123. The van der Waals surface area contributed by atoms with Crippen LogP contribution < -0.4 is 11.1 Å². The molecule has 3 nitrogen and oxygen atoms in total. The number of halogens is 1. The maximum absolute atomic E-state index is 11.6. The van der Waals surface area contributed by atoms with Crippen LogP contribution in [0.1, 0.15) is 39.0 Å². The van der Waals surface area contributed by atoms with E-state index in [0.717, 1.165) is 12.8 Å². The number of amides is 1. The summed E-state index contributed by atoms with van der Waals surface area (Å²) in [6.45, 7) is 1.94. The van der Waals surface area contributed by atoms with Crippen LogP contribution in [0.3, 0.4) is 0 Å². The van der Waals surface area contributed by atoms with Gasteiger partial charge in [-0.05, 0) is 31.9 Å². The second-order valence-corrected chi connectivity index (χ2v) is 5.38. The molecular formula is C11H23ClN2OS. The maximum atomic E-state index is 11.6. The van der Waals surface area contributed by atoms with E-state index < -0.39 is 0 Å². The third kappa shape index (κ3) is 4.93. The lowest BCUT2D eigenvalue weighted by atomic mass is 9.94. The first-order valence-electron chi connectivity index (χ1n) is 5.76. The lowest BCUT2D eigenvalue weighted by Gasteiger charge is -2.29. The number of carbonyl (C=O) groups excluding carboxylic acids is 1. The molecular weight excluding hydrogens is 244 g/mol. The van der Waals surface area contributed by atoms with E-state index in [1.165, 1.54) is 12.8 Å². The van der Waals surface area contributed by atoms with Gasteiger partial charge in [-0.2, -0.15) is 11.8 Å². The van der Waals surface area contributed by atoms with E-state index in [0.29, 0.717) is 17.7 Å². The Morgan fingerprint density at radius 2 is 2.25 bits per heavy atom. The van der Waals surface area contributed by atoms with E-state index in [1.54, 1.807) is 0 Å². The van der Waals surface area contributed by atoms with Crippen molar-refractivity contribution in [2.24, 2.45) is 5.73 Å². The van der Waals surface area contributed by atoms with Crippen LogP contribution in [0.15, 0.2) is 0 Å². The van der Waals surface area contributed by atoms with Crippen LogP contribution in [0.4, 0.5) is 0 Å². The van der Waals surface area contributed by atoms with Crippen molar-refractivity contribution in [3.8, 4) is 0 Å². The Balaban J connectivity index is 0.00000225. The van der Waals surface area contributed by atoms with Crippen molar-refractivity contribution in [3.05, 3.63) is 0 Å². The van der Waals surface area contributed by atoms with E-state index in [9.17, 15) is 4.79 Å². The highest BCUT2D eigenvalue weighted by Gasteiger charge is 2.23. The molecule has 96 valence electrons. The number of carbonyl (C=O) groups is 1. The van der Waals surface area contributed by atoms with E-state index in [4.69, 9.17) is 5.73 Å². The molecule has 1 aliphatic carbocycles. The Hall–Kier alpha value is 0.0700. The van der Waals surface area contributed by atoms with Crippen LogP contribution >= 0.6 is 24.2 Å². The van der Waals surface area contributed by atoms with Crippen molar-refractivity contribution in [1.29, 1.82) is 0 Å². The fourth-order valence-electron chi connectivity index (χ4n) is 1.98. The molecule has 1 amide bonds. The van der Waals surface area contributed by atoms with Gasteiger partial charge in [0.05, 0.1) is 6.04 Å². The fourth-order valence-corrected chi connectivity index (χ4v) is 2.81. The minimum Gasteiger partial charge on any atom is -0.352 e. The number of nitrogens with two attached hydrogens (primary N) is 1. The molecule has 0 saturated heterocycles. The molecule has 3 unspecified atom stereocenters. The van der Waals surface area contributed by atoms with Crippen LogP contribution in [0.25, 0.3) is 0 Å². The molecule has 0 spiro atoms. The summed E-state index contributed by atoms with van der Waals surface area (Å²) in [4.78, 5) is 11.6. The second-order valence-electron chi connectivity index (χ2n) is 4.24. The zero-order chi connectivity index (χ0) is 11.3. The van der Waals surface area contributed by atoms with Crippen molar-refractivity contribution >= 4 is 30.1 Å². The Bertz CT molecular complexity index is 216. The smallest absolute Gasteiger partial charge is 0.237 e. The first-order valence-corrected chi connectivity index (χ1v) is 7.05. The highest BCUT2D eigenvalue weighted by Crippen LogP contribution is 2.26. The van der Waals surface area contributed by atoms with Crippen LogP contribution in [0.5, 0.6) is 0 Å². The summed E-state index contributed by atoms with van der Waals surface area (Å²) < 4.78 is 0. The van der Waals surface area contributed by atoms with Crippen LogP contribution in [0, 0.1) is 0 Å². The quantitative estimate of drug-likeness (QED) is 0.818. The lowest BCUT2D eigenvalue weighted by Crippen LogP contribution is -2.46. The normalized spacial score (nSPS) is 26.7. The monoisotopic (exact) mass is 266 g/mol. The van der Waals surface area contributed by atoms with E-state index in [1.807, 2.05) is 18.7 Å². The van der Waals surface area contributed by atoms with Gasteiger partial charge in [-0.1, -0.05) is 13.3 Å². The van der Waals surface area contributed by atoms with Gasteiger partial charge >= 0.3 is 0 Å². The fraction of sp³-hybridized carbons (Fsp3) is 0.909. The molecule has 0 heterocycles. The van der Waals surface area contributed by atoms with Crippen molar-refractivity contribution in [3.63, 3.8) is 0 Å². The highest BCUT2D eigenvalue weighted by atomic mass is 35.5. The number of nitrogens with one attached hydrogen (secondary N) is 1. The van der Waals surface area contributed by atoms with Gasteiger partial charge in [-0.15, -0.1) is 12.4 Å². The number of hydrogen-bond acceptors (Lipinski definition) is 3. The van der Waals surface area contributed by atoms with E-state index in [-0.39, 0.29) is 24.4 Å². The third-order valence-corrected chi connectivity index (χ3v) is 4.18. The molecule has 0 aromatic rings. The molecule has 1 fully saturated rings. The molecule has 1 saturated carbocycles. The Morgan fingerprint density at radius 3 is 2.81 bits per heavy atom. The molecule has 0 bridgehead atoms. The van der Waals surface area contributed by atoms with Gasteiger partial charge in [0, 0.05) is 11.3 Å². The van der Waals surface area contributed by atoms with Crippen LogP contribution in [-0.4, -0.2) is 29.5 Å². The summed E-state index contributed by atoms with van der Waals surface area (Å²) in [5.74, 6) is 0.0178. The standard InChI is InChI=1S/C11H22N2OS.ClH/c1-3-10(12)11(14)13-8-5-4-6-9(7-8)15-2;/h8-10H,3-7,12H2,1-2H3,(H,13,14);1H. The summed E-state index contributed by atoms with van der Waals surface area (Å²) in [5, 5.41) is 3.77. The maximum Gasteiger partial charge on any atom is 0.237 e. The zero-order valence-electron chi connectivity index (χ0n) is 10.1. The predicted octanol–water partition coefficient (Wildman–Crippen LogP) is 1.94. The van der Waals surface area contributed by atoms with Crippen molar-refractivity contribution in [2.45, 2.75) is 56.4 Å². The predicted molar refractivity (Wildman–Crippen MR) is 73.2 cm³/mol. The largest absolute Gasteiger partial charge is 0.352 e. The van der Waals surface area contributed by atoms with Gasteiger partial charge in [-0.3, -0.25) is 4.79 Å². The van der Waals surface area contributed by atoms with Gasteiger partial charge in [-0.25, -0.2) is 0 Å². The molecule has 0 aromatic heterocycles. The van der Waals surface area contributed by atoms with Gasteiger partial charge in [0.1, 0.15) is 0 Å². The third-order valence-electron chi connectivity index (χ3n) is 3.08. The Kier molecular flexibility index (Phi) is 8.24.